The predicted molar refractivity (Wildman–Crippen MR) is 94.8 cm³/mol. The van der Waals surface area contributed by atoms with E-state index in [4.69, 9.17) is 0 Å². The molecule has 1 unspecified atom stereocenters. The average Bonchev–Trinajstić information content (AvgIpc) is 3.07. The van der Waals surface area contributed by atoms with Crippen molar-refractivity contribution in [1.29, 1.82) is 0 Å². The summed E-state index contributed by atoms with van der Waals surface area (Å²) in [7, 11) is -7.14. The van der Waals surface area contributed by atoms with Crippen molar-refractivity contribution in [2.45, 2.75) is 42.0 Å². The van der Waals surface area contributed by atoms with E-state index in [9.17, 15) is 16.8 Å². The van der Waals surface area contributed by atoms with E-state index < -0.39 is 19.9 Å². The Hall–Kier alpha value is -1.70. The summed E-state index contributed by atoms with van der Waals surface area (Å²) in [5.74, 6) is 0.0502. The summed E-state index contributed by atoms with van der Waals surface area (Å²) < 4.78 is 52.4. The number of benzene rings is 2. The number of aryl methyl sites for hydroxylation is 3. The normalized spacial score (nSPS) is 21.1. The van der Waals surface area contributed by atoms with Gasteiger partial charge in [0, 0.05) is 6.04 Å². The first-order valence-electron chi connectivity index (χ1n) is 8.24. The highest BCUT2D eigenvalue weighted by atomic mass is 32.2. The zero-order valence-corrected chi connectivity index (χ0v) is 15.5. The van der Waals surface area contributed by atoms with Gasteiger partial charge in [-0.3, -0.25) is 0 Å². The lowest BCUT2D eigenvalue weighted by molar-refractivity contribution is 0.554. The molecule has 2 aromatic rings. The van der Waals surface area contributed by atoms with Gasteiger partial charge >= 0.3 is 0 Å². The zero-order chi connectivity index (χ0) is 17.8. The number of hydrogen-bond acceptors (Lipinski definition) is 4. The van der Waals surface area contributed by atoms with E-state index in [2.05, 4.69) is 10.8 Å². The van der Waals surface area contributed by atoms with Gasteiger partial charge in [0.25, 0.3) is 0 Å². The maximum absolute atomic E-state index is 12.8. The highest BCUT2D eigenvalue weighted by molar-refractivity contribution is 7.92. The highest BCUT2D eigenvalue weighted by Crippen LogP contribution is 2.34. The van der Waals surface area contributed by atoms with Gasteiger partial charge in [-0.2, -0.15) is 0 Å². The van der Waals surface area contributed by atoms with Crippen LogP contribution in [0.25, 0.3) is 0 Å². The first-order chi connectivity index (χ1) is 11.8. The van der Waals surface area contributed by atoms with Crippen LogP contribution >= 0.6 is 0 Å². The van der Waals surface area contributed by atoms with E-state index in [1.54, 1.807) is 6.07 Å². The summed E-state index contributed by atoms with van der Waals surface area (Å²) in [6.07, 6.45) is 1.99. The molecule has 0 bridgehead atoms. The Morgan fingerprint density at radius 2 is 1.84 bits per heavy atom. The minimum Gasteiger partial charge on any atom is -0.224 e. The van der Waals surface area contributed by atoms with Crippen LogP contribution in [0, 0.1) is 6.92 Å². The first kappa shape index (κ1) is 16.8. The van der Waals surface area contributed by atoms with Crippen molar-refractivity contribution in [1.82, 2.24) is 4.72 Å². The van der Waals surface area contributed by atoms with Crippen molar-refractivity contribution in [3.63, 3.8) is 0 Å². The van der Waals surface area contributed by atoms with Crippen LogP contribution in [0.3, 0.4) is 0 Å². The van der Waals surface area contributed by atoms with Gasteiger partial charge in [0.1, 0.15) is 0 Å². The maximum Gasteiger partial charge on any atom is 0.241 e. The van der Waals surface area contributed by atoms with Gasteiger partial charge in [-0.1, -0.05) is 29.8 Å². The lowest BCUT2D eigenvalue weighted by Crippen LogP contribution is -2.27. The first-order valence-corrected chi connectivity index (χ1v) is 11.4. The van der Waals surface area contributed by atoms with Gasteiger partial charge in [-0.15, -0.1) is 0 Å². The molecule has 0 saturated heterocycles. The van der Waals surface area contributed by atoms with Crippen molar-refractivity contribution in [2.75, 3.05) is 5.75 Å². The molecule has 1 N–H and O–H groups in total. The molecule has 0 radical (unpaired) electrons. The molecule has 132 valence electrons. The molecule has 0 aromatic heterocycles. The molecule has 4 rings (SSSR count). The second-order valence-electron chi connectivity index (χ2n) is 6.75. The Bertz CT molecular complexity index is 1070. The third kappa shape index (κ3) is 2.90. The number of sulfone groups is 1. The number of nitrogens with one attached hydrogen (secondary N) is 1. The zero-order valence-electron chi connectivity index (χ0n) is 13.8. The van der Waals surface area contributed by atoms with E-state index in [-0.39, 0.29) is 21.6 Å². The summed E-state index contributed by atoms with van der Waals surface area (Å²) in [5, 5.41) is 0. The second kappa shape index (κ2) is 5.65. The van der Waals surface area contributed by atoms with Crippen LogP contribution in [-0.4, -0.2) is 22.6 Å². The molecule has 0 spiro atoms. The van der Waals surface area contributed by atoms with E-state index in [0.29, 0.717) is 18.4 Å². The van der Waals surface area contributed by atoms with E-state index in [1.165, 1.54) is 17.7 Å². The summed E-state index contributed by atoms with van der Waals surface area (Å²) in [5.41, 5.74) is 4.03. The molecule has 25 heavy (non-hydrogen) atoms. The third-order valence-electron chi connectivity index (χ3n) is 5.00. The van der Waals surface area contributed by atoms with Crippen molar-refractivity contribution < 1.29 is 16.8 Å². The Morgan fingerprint density at radius 1 is 1.04 bits per heavy atom. The Morgan fingerprint density at radius 3 is 2.64 bits per heavy atom. The quantitative estimate of drug-likeness (QED) is 0.890. The standard InChI is InChI=1S/C18H19NO4S2/c1-12-2-6-16-14(10-12)4-7-17(16)19-25(22,23)15-5-3-13-8-9-24(20,21)18(13)11-15/h2-3,5-6,10-11,17,19H,4,7-9H2,1H3. The van der Waals surface area contributed by atoms with Crippen LogP contribution in [0.15, 0.2) is 46.2 Å². The molecular formula is C18H19NO4S2. The van der Waals surface area contributed by atoms with E-state index in [1.807, 2.05) is 19.1 Å². The molecule has 1 heterocycles. The fourth-order valence-corrected chi connectivity index (χ4v) is 6.61. The maximum atomic E-state index is 12.8. The van der Waals surface area contributed by atoms with Gasteiger partial charge in [0.2, 0.25) is 10.0 Å². The molecule has 5 nitrogen and oxygen atoms in total. The molecule has 0 amide bonds. The molecule has 1 aliphatic carbocycles. The average molecular weight is 377 g/mol. The second-order valence-corrected chi connectivity index (χ2v) is 10.5. The predicted octanol–water partition coefficient (Wildman–Crippen LogP) is 2.29. The third-order valence-corrected chi connectivity index (χ3v) is 8.26. The number of hydrogen-bond donors (Lipinski definition) is 1. The SMILES string of the molecule is Cc1ccc2c(c1)CCC2NS(=O)(=O)c1ccc2c(c1)S(=O)(=O)CC2. The van der Waals surface area contributed by atoms with Crippen LogP contribution in [-0.2, 0) is 32.7 Å². The van der Waals surface area contributed by atoms with Crippen LogP contribution in [0.1, 0.15) is 34.7 Å². The lowest BCUT2D eigenvalue weighted by Gasteiger charge is -2.15. The molecule has 0 fully saturated rings. The highest BCUT2D eigenvalue weighted by Gasteiger charge is 2.31. The fourth-order valence-electron chi connectivity index (χ4n) is 3.68. The molecule has 0 saturated carbocycles. The van der Waals surface area contributed by atoms with Crippen molar-refractivity contribution in [3.05, 3.63) is 58.7 Å². The van der Waals surface area contributed by atoms with Gasteiger partial charge in [0.15, 0.2) is 9.84 Å². The molecule has 1 atom stereocenters. The molecular weight excluding hydrogens is 358 g/mol. The van der Waals surface area contributed by atoms with Crippen LogP contribution in [0.2, 0.25) is 0 Å². The van der Waals surface area contributed by atoms with Gasteiger partial charge < -0.3 is 0 Å². The van der Waals surface area contributed by atoms with Crippen molar-refractivity contribution in [2.24, 2.45) is 0 Å². The van der Waals surface area contributed by atoms with Gasteiger partial charge in [-0.05, 0) is 55.0 Å². The van der Waals surface area contributed by atoms with Crippen LogP contribution < -0.4 is 4.72 Å². The molecule has 2 aromatic carbocycles. The van der Waals surface area contributed by atoms with Crippen LogP contribution in [0.4, 0.5) is 0 Å². The number of rotatable bonds is 3. The smallest absolute Gasteiger partial charge is 0.224 e. The van der Waals surface area contributed by atoms with Gasteiger partial charge in [-0.25, -0.2) is 21.6 Å². The minimum atomic E-state index is -3.78. The minimum absolute atomic E-state index is 0.0114. The topological polar surface area (TPSA) is 80.3 Å². The Labute approximate surface area is 148 Å². The lowest BCUT2D eigenvalue weighted by atomic mass is 10.1. The summed E-state index contributed by atoms with van der Waals surface area (Å²) in [6, 6.07) is 10.2. The van der Waals surface area contributed by atoms with E-state index in [0.717, 1.165) is 17.5 Å². The van der Waals surface area contributed by atoms with Crippen molar-refractivity contribution in [3.8, 4) is 0 Å². The number of fused-ring (bicyclic) bond motifs is 2. The molecule has 2 aliphatic rings. The van der Waals surface area contributed by atoms with Gasteiger partial charge in [0.05, 0.1) is 15.5 Å². The Kier molecular flexibility index (Phi) is 3.79. The van der Waals surface area contributed by atoms with Crippen molar-refractivity contribution >= 4 is 19.9 Å². The van der Waals surface area contributed by atoms with E-state index >= 15 is 0 Å². The fraction of sp³-hybridized carbons (Fsp3) is 0.333. The molecule has 7 heteroatoms. The molecule has 1 aliphatic heterocycles. The monoisotopic (exact) mass is 377 g/mol. The Balaban J connectivity index is 1.67. The summed E-state index contributed by atoms with van der Waals surface area (Å²) in [4.78, 5) is 0.162. The largest absolute Gasteiger partial charge is 0.241 e. The summed E-state index contributed by atoms with van der Waals surface area (Å²) >= 11 is 0. The number of sulfonamides is 1. The van der Waals surface area contributed by atoms with Crippen LogP contribution in [0.5, 0.6) is 0 Å². The summed E-state index contributed by atoms with van der Waals surface area (Å²) in [6.45, 7) is 2.02.